The summed E-state index contributed by atoms with van der Waals surface area (Å²) in [5, 5.41) is 4.15. The number of imide groups is 1. The Labute approximate surface area is 196 Å². The van der Waals surface area contributed by atoms with Gasteiger partial charge in [0.05, 0.1) is 17.9 Å². The second-order valence-electron chi connectivity index (χ2n) is 7.17. The van der Waals surface area contributed by atoms with Gasteiger partial charge in [0.25, 0.3) is 11.8 Å². The van der Waals surface area contributed by atoms with Crippen LogP contribution in [0.15, 0.2) is 72.4 Å². The van der Waals surface area contributed by atoms with Crippen LogP contribution in [-0.4, -0.2) is 18.4 Å². The van der Waals surface area contributed by atoms with E-state index in [9.17, 15) is 9.59 Å². The van der Waals surface area contributed by atoms with Crippen molar-refractivity contribution in [3.05, 3.63) is 93.6 Å². The van der Waals surface area contributed by atoms with Gasteiger partial charge in [-0.1, -0.05) is 41.4 Å². The van der Waals surface area contributed by atoms with E-state index in [0.29, 0.717) is 39.2 Å². The first kappa shape index (κ1) is 21.9. The summed E-state index contributed by atoms with van der Waals surface area (Å²) in [7, 11) is 0. The molecule has 1 aliphatic rings. The molecule has 0 aliphatic carbocycles. The molecule has 0 fully saturated rings. The molecule has 1 aliphatic heterocycles. The maximum atomic E-state index is 13.5. The van der Waals surface area contributed by atoms with Gasteiger partial charge in [-0.3, -0.25) is 9.59 Å². The standard InChI is InChI=1S/C25H20Cl2N2O3/c1-3-32-19-13-11-18(12-14-19)28-23-22(16-7-9-17(26)10-8-16)24(30)29(25(23)31)21-6-4-5-20(27)15(21)2/h4-14,28H,3H2,1-2H3. The molecule has 0 radical (unpaired) electrons. The molecule has 0 unspecified atom stereocenters. The van der Waals surface area contributed by atoms with E-state index in [2.05, 4.69) is 5.32 Å². The number of hydrogen-bond donors (Lipinski definition) is 1. The molecule has 0 aromatic heterocycles. The van der Waals surface area contributed by atoms with E-state index in [1.807, 2.05) is 6.92 Å². The van der Waals surface area contributed by atoms with Crippen LogP contribution in [0.2, 0.25) is 10.0 Å². The van der Waals surface area contributed by atoms with Gasteiger partial charge in [-0.2, -0.15) is 0 Å². The third-order valence-corrected chi connectivity index (χ3v) is 5.79. The van der Waals surface area contributed by atoms with Crippen molar-refractivity contribution >= 4 is 52.0 Å². The van der Waals surface area contributed by atoms with E-state index in [-0.39, 0.29) is 11.3 Å². The molecule has 1 heterocycles. The molecule has 7 heteroatoms. The summed E-state index contributed by atoms with van der Waals surface area (Å²) in [5.74, 6) is -0.176. The number of rotatable bonds is 6. The Hall–Kier alpha value is -3.28. The minimum absolute atomic E-state index is 0.181. The molecule has 1 N–H and O–H groups in total. The monoisotopic (exact) mass is 466 g/mol. The number of nitrogens with one attached hydrogen (secondary N) is 1. The number of benzene rings is 3. The predicted octanol–water partition coefficient (Wildman–Crippen LogP) is 6.10. The number of hydrogen-bond acceptors (Lipinski definition) is 4. The first-order valence-electron chi connectivity index (χ1n) is 10.0. The average molecular weight is 467 g/mol. The zero-order valence-electron chi connectivity index (χ0n) is 17.5. The highest BCUT2D eigenvalue weighted by molar-refractivity contribution is 6.46. The summed E-state index contributed by atoms with van der Waals surface area (Å²) >= 11 is 12.3. The Morgan fingerprint density at radius 2 is 1.59 bits per heavy atom. The molecule has 0 saturated heterocycles. The van der Waals surface area contributed by atoms with Gasteiger partial charge in [0.15, 0.2) is 0 Å². The minimum Gasteiger partial charge on any atom is -0.494 e. The molecule has 0 atom stereocenters. The quantitative estimate of drug-likeness (QED) is 0.446. The average Bonchev–Trinajstić information content (AvgIpc) is 3.02. The largest absolute Gasteiger partial charge is 0.494 e. The Balaban J connectivity index is 1.79. The molecular weight excluding hydrogens is 447 g/mol. The first-order chi connectivity index (χ1) is 15.4. The molecule has 0 spiro atoms. The number of carbonyl (C=O) groups is 2. The van der Waals surface area contributed by atoms with Crippen LogP contribution >= 0.6 is 23.2 Å². The lowest BCUT2D eigenvalue weighted by Gasteiger charge is -2.18. The Morgan fingerprint density at radius 3 is 2.25 bits per heavy atom. The molecule has 3 aromatic rings. The van der Waals surface area contributed by atoms with Gasteiger partial charge in [-0.05, 0) is 73.5 Å². The normalized spacial score (nSPS) is 13.7. The summed E-state index contributed by atoms with van der Waals surface area (Å²) in [6.07, 6.45) is 0. The van der Waals surface area contributed by atoms with E-state index >= 15 is 0 Å². The van der Waals surface area contributed by atoms with Crippen LogP contribution in [0.3, 0.4) is 0 Å². The second-order valence-corrected chi connectivity index (χ2v) is 8.01. The molecule has 2 amide bonds. The van der Waals surface area contributed by atoms with Crippen molar-refractivity contribution in [1.29, 1.82) is 0 Å². The third-order valence-electron chi connectivity index (χ3n) is 5.13. The lowest BCUT2D eigenvalue weighted by atomic mass is 10.0. The molecule has 5 nitrogen and oxygen atoms in total. The fraction of sp³-hybridized carbons (Fsp3) is 0.120. The highest BCUT2D eigenvalue weighted by Gasteiger charge is 2.41. The number of ether oxygens (including phenoxy) is 1. The van der Waals surface area contributed by atoms with E-state index in [1.165, 1.54) is 0 Å². The van der Waals surface area contributed by atoms with Gasteiger partial charge < -0.3 is 10.1 Å². The Kier molecular flexibility index (Phi) is 6.21. The summed E-state index contributed by atoms with van der Waals surface area (Å²) in [4.78, 5) is 28.2. The maximum absolute atomic E-state index is 13.5. The van der Waals surface area contributed by atoms with E-state index < -0.39 is 11.8 Å². The Bertz CT molecular complexity index is 1220. The van der Waals surface area contributed by atoms with Crippen LogP contribution in [0.5, 0.6) is 5.75 Å². The van der Waals surface area contributed by atoms with Gasteiger partial charge in [0, 0.05) is 15.7 Å². The van der Waals surface area contributed by atoms with E-state index in [0.717, 1.165) is 10.6 Å². The van der Waals surface area contributed by atoms with Crippen LogP contribution < -0.4 is 15.0 Å². The van der Waals surface area contributed by atoms with Gasteiger partial charge in [-0.15, -0.1) is 0 Å². The molecule has 0 bridgehead atoms. The molecule has 32 heavy (non-hydrogen) atoms. The lowest BCUT2D eigenvalue weighted by Crippen LogP contribution is -2.33. The summed E-state index contributed by atoms with van der Waals surface area (Å²) in [6, 6.07) is 19.1. The van der Waals surface area contributed by atoms with Crippen molar-refractivity contribution in [3.8, 4) is 5.75 Å². The van der Waals surface area contributed by atoms with E-state index in [1.54, 1.807) is 73.7 Å². The highest BCUT2D eigenvalue weighted by Crippen LogP contribution is 2.37. The van der Waals surface area contributed by atoms with Gasteiger partial charge >= 0.3 is 0 Å². The zero-order valence-corrected chi connectivity index (χ0v) is 19.0. The van der Waals surface area contributed by atoms with E-state index in [4.69, 9.17) is 27.9 Å². The predicted molar refractivity (Wildman–Crippen MR) is 128 cm³/mol. The highest BCUT2D eigenvalue weighted by atomic mass is 35.5. The van der Waals surface area contributed by atoms with Crippen LogP contribution in [-0.2, 0) is 9.59 Å². The van der Waals surface area contributed by atoms with Crippen LogP contribution in [0.4, 0.5) is 11.4 Å². The van der Waals surface area contributed by atoms with Gasteiger partial charge in [0.2, 0.25) is 0 Å². The smallest absolute Gasteiger partial charge is 0.282 e. The number of nitrogens with zero attached hydrogens (tertiary/aromatic N) is 1. The minimum atomic E-state index is -0.459. The van der Waals surface area contributed by atoms with Crippen LogP contribution in [0, 0.1) is 6.92 Å². The Morgan fingerprint density at radius 1 is 0.906 bits per heavy atom. The summed E-state index contributed by atoms with van der Waals surface area (Å²) in [5.41, 5.74) is 2.78. The number of amides is 2. The lowest BCUT2D eigenvalue weighted by molar-refractivity contribution is -0.120. The van der Waals surface area contributed by atoms with Crippen molar-refractivity contribution in [2.45, 2.75) is 13.8 Å². The molecule has 162 valence electrons. The topological polar surface area (TPSA) is 58.6 Å². The third kappa shape index (κ3) is 4.09. The SMILES string of the molecule is CCOc1ccc(NC2=C(c3ccc(Cl)cc3)C(=O)N(c3cccc(Cl)c3C)C2=O)cc1. The van der Waals surface area contributed by atoms with Crippen LogP contribution in [0.25, 0.3) is 5.57 Å². The molecule has 0 saturated carbocycles. The summed E-state index contributed by atoms with van der Waals surface area (Å²) < 4.78 is 5.48. The molecular formula is C25H20Cl2N2O3. The molecule has 4 rings (SSSR count). The van der Waals surface area contributed by atoms with Gasteiger partial charge in [-0.25, -0.2) is 4.90 Å². The second kappa shape index (κ2) is 9.07. The van der Waals surface area contributed by atoms with Crippen molar-refractivity contribution in [2.24, 2.45) is 0 Å². The van der Waals surface area contributed by atoms with Crippen molar-refractivity contribution in [3.63, 3.8) is 0 Å². The molecule has 3 aromatic carbocycles. The van der Waals surface area contributed by atoms with Gasteiger partial charge in [0.1, 0.15) is 11.4 Å². The summed E-state index contributed by atoms with van der Waals surface area (Å²) in [6.45, 7) is 4.24. The van der Waals surface area contributed by atoms with Crippen LogP contribution in [0.1, 0.15) is 18.1 Å². The fourth-order valence-electron chi connectivity index (χ4n) is 3.53. The first-order valence-corrected chi connectivity index (χ1v) is 10.8. The zero-order chi connectivity index (χ0) is 22.8. The maximum Gasteiger partial charge on any atom is 0.282 e. The van der Waals surface area contributed by atoms with Crippen molar-refractivity contribution in [1.82, 2.24) is 0 Å². The van der Waals surface area contributed by atoms with Crippen molar-refractivity contribution in [2.75, 3.05) is 16.8 Å². The number of halogens is 2. The number of carbonyl (C=O) groups excluding carboxylic acids is 2. The number of anilines is 2. The fourth-order valence-corrected chi connectivity index (χ4v) is 3.83. The van der Waals surface area contributed by atoms with Crippen molar-refractivity contribution < 1.29 is 14.3 Å².